The number of carbonyl (C=O) groups excluding carboxylic acids is 2. The summed E-state index contributed by atoms with van der Waals surface area (Å²) in [6.07, 6.45) is 0.0983. The van der Waals surface area contributed by atoms with Crippen LogP contribution in [0.1, 0.15) is 20.4 Å². The molecule has 0 saturated carbocycles. The van der Waals surface area contributed by atoms with E-state index in [2.05, 4.69) is 20.9 Å². The summed E-state index contributed by atoms with van der Waals surface area (Å²) in [4.78, 5) is 26.7. The fourth-order valence-corrected chi connectivity index (χ4v) is 2.47. The number of nitrogens with two attached hydrogens (primary N) is 1. The number of hydrogen-bond donors (Lipinski definition) is 1. The summed E-state index contributed by atoms with van der Waals surface area (Å²) in [6.45, 7) is 1.75. The molecule has 7 heteroatoms. The molecule has 2 N–H and O–H groups in total. The van der Waals surface area contributed by atoms with Gasteiger partial charge in [-0.05, 0) is 6.92 Å². The Morgan fingerprint density at radius 1 is 1.53 bits per heavy atom. The molecule has 4 nitrogen and oxygen atoms in total. The molecular weight excluding hydrogens is 348 g/mol. The molecule has 84 valence electrons. The number of ketones is 1. The molecule has 0 radical (unpaired) electrons. The number of hydrogen-bond acceptors (Lipinski definition) is 4. The largest absolute Gasteiger partial charge is 0.369 e. The first kappa shape index (κ1) is 14.7. The van der Waals surface area contributed by atoms with E-state index in [1.165, 1.54) is 11.3 Å². The van der Waals surface area contributed by atoms with E-state index < -0.39 is 5.91 Å². The van der Waals surface area contributed by atoms with Gasteiger partial charge in [-0.2, -0.15) is 0 Å². The van der Waals surface area contributed by atoms with Gasteiger partial charge in [0.05, 0.1) is 22.3 Å². The maximum atomic E-state index is 11.3. The summed E-state index contributed by atoms with van der Waals surface area (Å²) in [6, 6.07) is 0. The molecule has 0 aromatic carbocycles. The summed E-state index contributed by atoms with van der Waals surface area (Å²) >= 11 is 4.31. The predicted octanol–water partition coefficient (Wildman–Crippen LogP) is 1.63. The zero-order chi connectivity index (χ0) is 10.7. The number of nitrogens with zero attached hydrogens (tertiary/aromatic N) is 1. The van der Waals surface area contributed by atoms with Crippen molar-refractivity contribution < 1.29 is 9.59 Å². The molecule has 1 aromatic heterocycles. The number of amides is 1. The van der Waals surface area contributed by atoms with E-state index in [4.69, 9.17) is 5.73 Å². The molecule has 1 heterocycles. The highest BCUT2D eigenvalue weighted by Gasteiger charge is 2.14. The molecule has 1 aromatic rings. The second-order valence-corrected chi connectivity index (χ2v) is 4.37. The van der Waals surface area contributed by atoms with E-state index in [1.807, 2.05) is 0 Å². The smallest absolute Gasteiger partial charge is 0.224 e. The molecule has 0 aliphatic heterocycles. The van der Waals surface area contributed by atoms with E-state index in [1.54, 1.807) is 6.92 Å². The molecule has 0 fully saturated rings. The fraction of sp³-hybridized carbons (Fsp3) is 0.375. The van der Waals surface area contributed by atoms with Crippen molar-refractivity contribution in [3.05, 3.63) is 15.6 Å². The fourth-order valence-electron chi connectivity index (χ4n) is 0.996. The lowest BCUT2D eigenvalue weighted by molar-refractivity contribution is -0.117. The van der Waals surface area contributed by atoms with Gasteiger partial charge in [0.2, 0.25) is 5.91 Å². The van der Waals surface area contributed by atoms with Crippen LogP contribution >= 0.6 is 44.2 Å². The van der Waals surface area contributed by atoms with Crippen molar-refractivity contribution in [3.63, 3.8) is 0 Å². The van der Waals surface area contributed by atoms with Crippen LogP contribution in [0.5, 0.6) is 0 Å². The van der Waals surface area contributed by atoms with E-state index in [0.717, 1.165) is 0 Å². The van der Waals surface area contributed by atoms with Crippen LogP contribution in [0.2, 0.25) is 0 Å². The number of rotatable bonds is 4. The van der Waals surface area contributed by atoms with Gasteiger partial charge in [-0.1, -0.05) is 15.9 Å². The first-order valence-electron chi connectivity index (χ1n) is 3.88. The summed E-state index contributed by atoms with van der Waals surface area (Å²) in [7, 11) is 0. The van der Waals surface area contributed by atoms with Crippen molar-refractivity contribution in [1.29, 1.82) is 0 Å². The summed E-state index contributed by atoms with van der Waals surface area (Å²) in [5, 5.41) is 0.866. The Hall–Kier alpha value is -0.270. The number of aromatic nitrogens is 1. The third-order valence-corrected chi connectivity index (χ3v) is 3.25. The molecule has 0 aliphatic carbocycles. The average molecular weight is 358 g/mol. The number of halogens is 2. The molecule has 0 bridgehead atoms. The standard InChI is InChI=1S/C8H9BrN2O2S.BrH/c1-4-8(5(12)3-9)14-7(11-4)2-6(10)13;/h2-3H2,1H3,(H2,10,13);1H. The van der Waals surface area contributed by atoms with Crippen LogP contribution in [0.3, 0.4) is 0 Å². The van der Waals surface area contributed by atoms with Crippen molar-refractivity contribution in [1.82, 2.24) is 4.98 Å². The number of aryl methyl sites for hydroxylation is 1. The number of thiazole rings is 1. The number of carbonyl (C=O) groups is 2. The zero-order valence-corrected chi connectivity index (χ0v) is 12.1. The SMILES string of the molecule is Br.Cc1nc(CC(N)=O)sc1C(=O)CBr. The van der Waals surface area contributed by atoms with E-state index in [9.17, 15) is 9.59 Å². The highest BCUT2D eigenvalue weighted by atomic mass is 79.9. The second-order valence-electron chi connectivity index (χ2n) is 2.72. The molecule has 0 saturated heterocycles. The van der Waals surface area contributed by atoms with Crippen molar-refractivity contribution in [2.24, 2.45) is 5.73 Å². The monoisotopic (exact) mass is 356 g/mol. The highest BCUT2D eigenvalue weighted by Crippen LogP contribution is 2.19. The van der Waals surface area contributed by atoms with Gasteiger partial charge in [0.15, 0.2) is 5.78 Å². The van der Waals surface area contributed by atoms with Crippen LogP contribution in [-0.2, 0) is 11.2 Å². The summed E-state index contributed by atoms with van der Waals surface area (Å²) < 4.78 is 0. The maximum absolute atomic E-state index is 11.3. The van der Waals surface area contributed by atoms with Gasteiger partial charge in [-0.3, -0.25) is 9.59 Å². The Balaban J connectivity index is 0.00000196. The first-order chi connectivity index (χ1) is 6.54. The number of primary amides is 1. The summed E-state index contributed by atoms with van der Waals surface area (Å²) in [5.74, 6) is -0.452. The van der Waals surface area contributed by atoms with Crippen LogP contribution in [0.15, 0.2) is 0 Å². The Bertz CT molecular complexity index is 379. The molecular formula is C8H10Br2N2O2S. The van der Waals surface area contributed by atoms with Crippen LogP contribution < -0.4 is 5.73 Å². The first-order valence-corrected chi connectivity index (χ1v) is 5.82. The van der Waals surface area contributed by atoms with Crippen LogP contribution in [0, 0.1) is 6.92 Å². The number of Topliss-reactive ketones (excluding diaryl/α,β-unsaturated/α-hetero) is 1. The molecule has 0 aliphatic rings. The van der Waals surface area contributed by atoms with Crippen molar-refractivity contribution in [2.75, 3.05) is 5.33 Å². The zero-order valence-electron chi connectivity index (χ0n) is 7.95. The highest BCUT2D eigenvalue weighted by molar-refractivity contribution is 9.09. The molecule has 0 unspecified atom stereocenters. The van der Waals surface area contributed by atoms with Crippen LogP contribution in [0.25, 0.3) is 0 Å². The van der Waals surface area contributed by atoms with Gasteiger partial charge >= 0.3 is 0 Å². The lowest BCUT2D eigenvalue weighted by atomic mass is 10.3. The molecule has 15 heavy (non-hydrogen) atoms. The lowest BCUT2D eigenvalue weighted by Crippen LogP contribution is -2.13. The molecule has 1 amide bonds. The predicted molar refractivity (Wildman–Crippen MR) is 68.2 cm³/mol. The Labute approximate surface area is 110 Å². The maximum Gasteiger partial charge on any atom is 0.224 e. The normalized spacial score (nSPS) is 9.47. The topological polar surface area (TPSA) is 73.0 Å². The molecule has 1 rings (SSSR count). The Kier molecular flexibility index (Phi) is 6.23. The minimum absolute atomic E-state index is 0. The van der Waals surface area contributed by atoms with E-state index in [-0.39, 0.29) is 34.5 Å². The van der Waals surface area contributed by atoms with Gasteiger partial charge < -0.3 is 5.73 Å². The minimum Gasteiger partial charge on any atom is -0.369 e. The van der Waals surface area contributed by atoms with Crippen LogP contribution in [-0.4, -0.2) is 22.0 Å². The third-order valence-electron chi connectivity index (χ3n) is 1.54. The van der Waals surface area contributed by atoms with Gasteiger partial charge in [0.25, 0.3) is 0 Å². The van der Waals surface area contributed by atoms with Gasteiger partial charge in [0.1, 0.15) is 5.01 Å². The Morgan fingerprint density at radius 2 is 2.13 bits per heavy atom. The van der Waals surface area contributed by atoms with Gasteiger partial charge in [-0.15, -0.1) is 28.3 Å². The lowest BCUT2D eigenvalue weighted by Gasteiger charge is -1.89. The van der Waals surface area contributed by atoms with Crippen molar-refractivity contribution in [2.45, 2.75) is 13.3 Å². The minimum atomic E-state index is -0.434. The molecule has 0 atom stereocenters. The molecule has 0 spiro atoms. The van der Waals surface area contributed by atoms with Crippen molar-refractivity contribution in [3.8, 4) is 0 Å². The second kappa shape index (κ2) is 6.34. The Morgan fingerprint density at radius 3 is 2.60 bits per heavy atom. The third kappa shape index (κ3) is 4.00. The number of alkyl halides is 1. The van der Waals surface area contributed by atoms with E-state index in [0.29, 0.717) is 15.6 Å². The van der Waals surface area contributed by atoms with Crippen LogP contribution in [0.4, 0.5) is 0 Å². The van der Waals surface area contributed by atoms with Gasteiger partial charge in [0, 0.05) is 0 Å². The quantitative estimate of drug-likeness (QED) is 0.657. The summed E-state index contributed by atoms with van der Waals surface area (Å²) in [5.41, 5.74) is 5.69. The van der Waals surface area contributed by atoms with Crippen molar-refractivity contribution >= 4 is 55.9 Å². The van der Waals surface area contributed by atoms with Gasteiger partial charge in [-0.25, -0.2) is 4.98 Å². The average Bonchev–Trinajstić information content (AvgIpc) is 2.44. The van der Waals surface area contributed by atoms with E-state index >= 15 is 0 Å².